The van der Waals surface area contributed by atoms with Crippen molar-refractivity contribution in [1.82, 2.24) is 0 Å². The Morgan fingerprint density at radius 2 is 1.22 bits per heavy atom. The van der Waals surface area contributed by atoms with Gasteiger partial charge in [-0.15, -0.1) is 0 Å². The molecule has 0 saturated heterocycles. The van der Waals surface area contributed by atoms with Gasteiger partial charge < -0.3 is 9.59 Å². The van der Waals surface area contributed by atoms with Crippen LogP contribution in [0.15, 0.2) is 48.5 Å². The van der Waals surface area contributed by atoms with Gasteiger partial charge in [0.15, 0.2) is 0 Å². The maximum atomic E-state index is 9.17. The molecule has 0 saturated carbocycles. The number of benzene rings is 2. The van der Waals surface area contributed by atoms with E-state index in [1.165, 1.54) is 22.3 Å². The second-order valence-corrected chi connectivity index (χ2v) is 4.06. The Morgan fingerprint density at radius 3 is 1.61 bits per heavy atom. The number of hydrogen-bond donors (Lipinski definition) is 0. The van der Waals surface area contributed by atoms with E-state index in [1.54, 1.807) is 0 Å². The molecule has 0 unspecified atom stereocenters. The van der Waals surface area contributed by atoms with E-state index in [-0.39, 0.29) is 6.42 Å². The summed E-state index contributed by atoms with van der Waals surface area (Å²) in [5, 5.41) is 0. The molecule has 2 aromatic carbocycles. The van der Waals surface area contributed by atoms with Crippen molar-refractivity contribution in [3.8, 4) is 11.1 Å². The van der Waals surface area contributed by atoms with Crippen molar-refractivity contribution in [3.63, 3.8) is 0 Å². The molecule has 0 radical (unpaired) electrons. The molecule has 2 nitrogen and oxygen atoms in total. The molecule has 2 aromatic rings. The van der Waals surface area contributed by atoms with Crippen LogP contribution in [0, 0.1) is 0 Å². The summed E-state index contributed by atoms with van der Waals surface area (Å²) in [6.07, 6.45) is 2.26. The molecule has 2 heteroatoms. The average molecular weight is 238 g/mol. The minimum atomic E-state index is 0.0278. The van der Waals surface area contributed by atoms with Gasteiger partial charge in [0.2, 0.25) is 0 Å². The average Bonchev–Trinajstić information content (AvgIpc) is 2.79. The highest BCUT2D eigenvalue weighted by Gasteiger charge is 2.15. The summed E-state index contributed by atoms with van der Waals surface area (Å²) in [4.78, 5) is 18.3. The third-order valence-electron chi connectivity index (χ3n) is 2.90. The largest absolute Gasteiger partial charge is 0.303 e. The molecule has 0 fully saturated rings. The fourth-order valence-corrected chi connectivity index (χ4v) is 2.12. The van der Waals surface area contributed by atoms with Gasteiger partial charge in [-0.2, -0.15) is 0 Å². The quantitative estimate of drug-likeness (QED) is 0.508. The maximum absolute atomic E-state index is 9.17. The first-order valence-corrected chi connectivity index (χ1v) is 5.90. The molecular formula is C16H14O2. The molecule has 0 spiro atoms. The zero-order chi connectivity index (χ0) is 12.8. The van der Waals surface area contributed by atoms with Crippen LogP contribution in [0.25, 0.3) is 11.1 Å². The van der Waals surface area contributed by atoms with E-state index in [9.17, 15) is 9.59 Å². The Hall–Kier alpha value is -2.22. The Morgan fingerprint density at radius 1 is 0.778 bits per heavy atom. The SMILES string of the molecule is O=CCC=O.c1ccc2c(c1)Cc1ccccc1-2. The van der Waals surface area contributed by atoms with Crippen LogP contribution in [0.4, 0.5) is 0 Å². The molecule has 0 aromatic heterocycles. The molecular weight excluding hydrogens is 224 g/mol. The van der Waals surface area contributed by atoms with Crippen molar-refractivity contribution in [3.05, 3.63) is 59.7 Å². The molecule has 0 atom stereocenters. The Bertz CT molecular complexity index is 509. The van der Waals surface area contributed by atoms with Crippen LogP contribution in [0.1, 0.15) is 17.5 Å². The van der Waals surface area contributed by atoms with Crippen LogP contribution in [0.3, 0.4) is 0 Å². The van der Waals surface area contributed by atoms with E-state index < -0.39 is 0 Å². The van der Waals surface area contributed by atoms with Gasteiger partial charge in [0.1, 0.15) is 12.6 Å². The summed E-state index contributed by atoms with van der Waals surface area (Å²) in [5.74, 6) is 0. The molecule has 1 aliphatic carbocycles. The molecule has 0 bridgehead atoms. The molecule has 0 amide bonds. The second-order valence-electron chi connectivity index (χ2n) is 4.06. The zero-order valence-corrected chi connectivity index (χ0v) is 10.0. The van der Waals surface area contributed by atoms with Crippen LogP contribution >= 0.6 is 0 Å². The van der Waals surface area contributed by atoms with Gasteiger partial charge in [0, 0.05) is 0 Å². The summed E-state index contributed by atoms with van der Waals surface area (Å²) in [6.45, 7) is 0. The van der Waals surface area contributed by atoms with Crippen LogP contribution in [0.2, 0.25) is 0 Å². The molecule has 0 aliphatic heterocycles. The number of carbonyl (C=O) groups is 2. The normalized spacial score (nSPS) is 10.7. The van der Waals surface area contributed by atoms with Crippen molar-refractivity contribution in [1.29, 1.82) is 0 Å². The standard InChI is InChI=1S/C13H10.C3H4O2/c1-3-7-12-10(5-1)9-11-6-2-4-8-13(11)12;4-2-1-3-5/h1-8H,9H2;2-3H,1H2. The Balaban J connectivity index is 0.000000209. The van der Waals surface area contributed by atoms with E-state index in [0.29, 0.717) is 12.6 Å². The smallest absolute Gasteiger partial charge is 0.127 e. The number of hydrogen-bond acceptors (Lipinski definition) is 2. The van der Waals surface area contributed by atoms with Crippen molar-refractivity contribution in [2.75, 3.05) is 0 Å². The van der Waals surface area contributed by atoms with Crippen LogP contribution in [0.5, 0.6) is 0 Å². The minimum absolute atomic E-state index is 0.0278. The molecule has 3 rings (SSSR count). The lowest BCUT2D eigenvalue weighted by atomic mass is 10.1. The number of fused-ring (bicyclic) bond motifs is 3. The van der Waals surface area contributed by atoms with Crippen LogP contribution in [-0.2, 0) is 16.0 Å². The zero-order valence-electron chi connectivity index (χ0n) is 10.0. The van der Waals surface area contributed by atoms with Crippen molar-refractivity contribution in [2.45, 2.75) is 12.8 Å². The predicted octanol–water partition coefficient (Wildman–Crippen LogP) is 3.03. The van der Waals surface area contributed by atoms with Gasteiger partial charge in [-0.05, 0) is 28.7 Å². The van der Waals surface area contributed by atoms with E-state index in [0.717, 1.165) is 6.42 Å². The van der Waals surface area contributed by atoms with Crippen molar-refractivity contribution >= 4 is 12.6 Å². The van der Waals surface area contributed by atoms with E-state index in [4.69, 9.17) is 0 Å². The second kappa shape index (κ2) is 5.92. The fourth-order valence-electron chi connectivity index (χ4n) is 2.12. The summed E-state index contributed by atoms with van der Waals surface area (Å²) < 4.78 is 0. The molecule has 18 heavy (non-hydrogen) atoms. The summed E-state index contributed by atoms with van der Waals surface area (Å²) in [6, 6.07) is 17.3. The summed E-state index contributed by atoms with van der Waals surface area (Å²) >= 11 is 0. The van der Waals surface area contributed by atoms with Gasteiger partial charge in [0.05, 0.1) is 6.42 Å². The Kier molecular flexibility index (Phi) is 4.02. The van der Waals surface area contributed by atoms with Gasteiger partial charge in [0.25, 0.3) is 0 Å². The monoisotopic (exact) mass is 238 g/mol. The lowest BCUT2D eigenvalue weighted by molar-refractivity contribution is -0.114. The van der Waals surface area contributed by atoms with Gasteiger partial charge in [-0.3, -0.25) is 0 Å². The first-order chi connectivity index (χ1) is 8.86. The Labute approximate surface area is 106 Å². The highest BCUT2D eigenvalue weighted by molar-refractivity contribution is 5.76. The fraction of sp³-hybridized carbons (Fsp3) is 0.125. The topological polar surface area (TPSA) is 34.1 Å². The van der Waals surface area contributed by atoms with Gasteiger partial charge >= 0.3 is 0 Å². The third kappa shape index (κ3) is 2.54. The number of carbonyl (C=O) groups excluding carboxylic acids is 2. The maximum Gasteiger partial charge on any atom is 0.127 e. The lowest BCUT2D eigenvalue weighted by Crippen LogP contribution is -1.77. The lowest BCUT2D eigenvalue weighted by Gasteiger charge is -1.98. The van der Waals surface area contributed by atoms with Crippen LogP contribution < -0.4 is 0 Å². The van der Waals surface area contributed by atoms with Gasteiger partial charge in [-0.25, -0.2) is 0 Å². The third-order valence-corrected chi connectivity index (χ3v) is 2.90. The van der Waals surface area contributed by atoms with E-state index in [2.05, 4.69) is 48.5 Å². The molecule has 90 valence electrons. The highest BCUT2D eigenvalue weighted by Crippen LogP contribution is 2.35. The van der Waals surface area contributed by atoms with Crippen LogP contribution in [-0.4, -0.2) is 12.6 Å². The number of aldehydes is 2. The summed E-state index contributed by atoms with van der Waals surface area (Å²) in [7, 11) is 0. The molecule has 0 heterocycles. The summed E-state index contributed by atoms with van der Waals surface area (Å²) in [5.41, 5.74) is 5.75. The number of rotatable bonds is 2. The van der Waals surface area contributed by atoms with Crippen molar-refractivity contribution in [2.24, 2.45) is 0 Å². The molecule has 0 N–H and O–H groups in total. The van der Waals surface area contributed by atoms with Gasteiger partial charge in [-0.1, -0.05) is 48.5 Å². The first kappa shape index (κ1) is 12.2. The minimum Gasteiger partial charge on any atom is -0.303 e. The first-order valence-electron chi connectivity index (χ1n) is 5.90. The highest BCUT2D eigenvalue weighted by atomic mass is 16.1. The molecule has 1 aliphatic rings. The van der Waals surface area contributed by atoms with E-state index >= 15 is 0 Å². The van der Waals surface area contributed by atoms with E-state index in [1.807, 2.05) is 0 Å². The van der Waals surface area contributed by atoms with Crippen molar-refractivity contribution < 1.29 is 9.59 Å². The predicted molar refractivity (Wildman–Crippen MR) is 71.4 cm³/mol.